The maximum Gasteiger partial charge on any atom is 0.270 e. The van der Waals surface area contributed by atoms with Crippen molar-refractivity contribution >= 4 is 58.8 Å². The molecular weight excluding hydrogens is 467 g/mol. The van der Waals surface area contributed by atoms with Crippen LogP contribution in [0.5, 0.6) is 0 Å². The van der Waals surface area contributed by atoms with Crippen LogP contribution in [0.3, 0.4) is 0 Å². The fourth-order valence-corrected chi connectivity index (χ4v) is 2.51. The molecule has 0 aliphatic carbocycles. The van der Waals surface area contributed by atoms with E-state index in [2.05, 4.69) is 21.1 Å². The highest BCUT2D eigenvalue weighted by molar-refractivity contribution is 6.33. The van der Waals surface area contributed by atoms with Gasteiger partial charge in [-0.1, -0.05) is 23.2 Å². The van der Waals surface area contributed by atoms with Crippen LogP contribution in [-0.4, -0.2) is 34.1 Å². The number of hydrazone groups is 2. The Balaban J connectivity index is 1.82. The van der Waals surface area contributed by atoms with Crippen LogP contribution in [0.4, 0.5) is 11.4 Å². The summed E-state index contributed by atoms with van der Waals surface area (Å²) < 4.78 is 0. The summed E-state index contributed by atoms with van der Waals surface area (Å²) in [5, 5.41) is 29.3. The normalized spacial score (nSPS) is 10.9. The molecular formula is C18H14Cl2N6O6. The number of hydrogen-bond acceptors (Lipinski definition) is 8. The molecule has 0 unspecified atom stereocenters. The molecule has 2 amide bonds. The smallest absolute Gasteiger partial charge is 0.270 e. The molecule has 0 aliphatic rings. The Morgan fingerprint density at radius 2 is 1.19 bits per heavy atom. The van der Waals surface area contributed by atoms with Crippen molar-refractivity contribution < 1.29 is 19.4 Å². The summed E-state index contributed by atoms with van der Waals surface area (Å²) in [7, 11) is 0. The van der Waals surface area contributed by atoms with Crippen molar-refractivity contribution in [1.29, 1.82) is 0 Å². The Labute approximate surface area is 190 Å². The first-order chi connectivity index (χ1) is 15.2. The Morgan fingerprint density at radius 3 is 1.53 bits per heavy atom. The lowest BCUT2D eigenvalue weighted by molar-refractivity contribution is -0.385. The van der Waals surface area contributed by atoms with E-state index in [1.165, 1.54) is 36.4 Å². The lowest BCUT2D eigenvalue weighted by Crippen LogP contribution is -2.22. The minimum Gasteiger partial charge on any atom is -0.273 e. The molecule has 2 N–H and O–H groups in total. The molecule has 0 atom stereocenters. The zero-order valence-electron chi connectivity index (χ0n) is 16.0. The van der Waals surface area contributed by atoms with Crippen molar-refractivity contribution in [3.8, 4) is 0 Å². The van der Waals surface area contributed by atoms with E-state index in [1.54, 1.807) is 0 Å². The van der Waals surface area contributed by atoms with E-state index in [1.807, 2.05) is 0 Å². The van der Waals surface area contributed by atoms with Gasteiger partial charge in [0.15, 0.2) is 0 Å². The molecule has 14 heteroatoms. The van der Waals surface area contributed by atoms with Crippen molar-refractivity contribution in [3.05, 3.63) is 77.8 Å². The summed E-state index contributed by atoms with van der Waals surface area (Å²) in [5.74, 6) is -1.19. The summed E-state index contributed by atoms with van der Waals surface area (Å²) in [4.78, 5) is 43.9. The van der Waals surface area contributed by atoms with Gasteiger partial charge in [-0.25, -0.2) is 10.9 Å². The zero-order chi connectivity index (χ0) is 23.7. The summed E-state index contributed by atoms with van der Waals surface area (Å²) >= 11 is 11.8. The summed E-state index contributed by atoms with van der Waals surface area (Å²) in [6.07, 6.45) is 1.83. The number of amides is 2. The van der Waals surface area contributed by atoms with Gasteiger partial charge in [0.25, 0.3) is 11.4 Å². The van der Waals surface area contributed by atoms with E-state index < -0.39 is 21.7 Å². The van der Waals surface area contributed by atoms with Crippen LogP contribution in [0.1, 0.15) is 24.0 Å². The molecule has 0 fully saturated rings. The lowest BCUT2D eigenvalue weighted by Gasteiger charge is -2.01. The van der Waals surface area contributed by atoms with Crippen LogP contribution in [0, 0.1) is 20.2 Å². The second-order valence-corrected chi connectivity index (χ2v) is 6.83. The standard InChI is InChI=1S/C18H14Cl2N6O6/c19-15-3-1-13(25(29)30)7-11(15)9-21-23-17(27)5-6-18(28)24-22-10-12-8-14(26(31)32)2-4-16(12)20/h1-4,7-10H,5-6H2,(H,23,27)(H,24,28). The van der Waals surface area contributed by atoms with Gasteiger partial charge in [0.1, 0.15) is 0 Å². The van der Waals surface area contributed by atoms with Gasteiger partial charge in [-0.3, -0.25) is 29.8 Å². The van der Waals surface area contributed by atoms with Gasteiger partial charge in [-0.05, 0) is 12.1 Å². The highest BCUT2D eigenvalue weighted by Gasteiger charge is 2.10. The number of rotatable bonds is 9. The van der Waals surface area contributed by atoms with Crippen molar-refractivity contribution in [2.45, 2.75) is 12.8 Å². The molecule has 0 saturated heterocycles. The number of carbonyl (C=O) groups is 2. The molecule has 0 spiro atoms. The third kappa shape index (κ3) is 7.41. The molecule has 2 aromatic carbocycles. The van der Waals surface area contributed by atoms with Gasteiger partial charge >= 0.3 is 0 Å². The van der Waals surface area contributed by atoms with Crippen LogP contribution in [0.25, 0.3) is 0 Å². The molecule has 0 saturated carbocycles. The summed E-state index contributed by atoms with van der Waals surface area (Å²) in [5.41, 5.74) is 4.42. The molecule has 2 aromatic rings. The number of hydrogen-bond donors (Lipinski definition) is 2. The number of carbonyl (C=O) groups excluding carboxylic acids is 2. The predicted molar refractivity (Wildman–Crippen MR) is 117 cm³/mol. The first kappa shape index (κ1) is 24.4. The number of nitrogens with one attached hydrogen (secondary N) is 2. The number of halogens is 2. The van der Waals surface area contributed by atoms with E-state index in [0.717, 1.165) is 12.4 Å². The van der Waals surface area contributed by atoms with Crippen LogP contribution >= 0.6 is 23.2 Å². The molecule has 2 rings (SSSR count). The molecule has 0 bridgehead atoms. The van der Waals surface area contributed by atoms with Crippen LogP contribution in [0.2, 0.25) is 10.0 Å². The molecule has 0 heterocycles. The fourth-order valence-electron chi connectivity index (χ4n) is 2.17. The number of benzene rings is 2. The number of non-ortho nitro benzene ring substituents is 2. The average molecular weight is 481 g/mol. The van der Waals surface area contributed by atoms with E-state index >= 15 is 0 Å². The Kier molecular flexibility index (Phi) is 8.74. The largest absolute Gasteiger partial charge is 0.273 e. The Bertz CT molecular complexity index is 1030. The van der Waals surface area contributed by atoms with Crippen molar-refractivity contribution in [1.82, 2.24) is 10.9 Å². The Hall–Kier alpha value is -3.90. The second kappa shape index (κ2) is 11.5. The molecule has 0 aromatic heterocycles. The maximum absolute atomic E-state index is 11.8. The van der Waals surface area contributed by atoms with Crippen LogP contribution in [-0.2, 0) is 9.59 Å². The summed E-state index contributed by atoms with van der Waals surface area (Å²) in [6.45, 7) is 0. The SMILES string of the molecule is O=C(CCC(=O)NN=Cc1cc([N+](=O)[O-])ccc1Cl)NN=Cc1cc([N+](=O)[O-])ccc1Cl. The first-order valence-corrected chi connectivity index (χ1v) is 9.44. The number of nitrogens with zero attached hydrogens (tertiary/aromatic N) is 4. The minimum absolute atomic E-state index is 0.189. The average Bonchev–Trinajstić information content (AvgIpc) is 2.74. The van der Waals surface area contributed by atoms with Gasteiger partial charge in [0.05, 0.1) is 22.3 Å². The van der Waals surface area contributed by atoms with Gasteiger partial charge in [-0.2, -0.15) is 10.2 Å². The van der Waals surface area contributed by atoms with E-state index in [0.29, 0.717) is 0 Å². The molecule has 0 aliphatic heterocycles. The second-order valence-electron chi connectivity index (χ2n) is 6.01. The van der Waals surface area contributed by atoms with Crippen molar-refractivity contribution in [2.24, 2.45) is 10.2 Å². The first-order valence-electron chi connectivity index (χ1n) is 8.69. The number of nitro benzene ring substituents is 2. The zero-order valence-corrected chi connectivity index (χ0v) is 17.5. The minimum atomic E-state index is -0.597. The fraction of sp³-hybridized carbons (Fsp3) is 0.111. The monoisotopic (exact) mass is 480 g/mol. The highest BCUT2D eigenvalue weighted by Crippen LogP contribution is 2.21. The summed E-state index contributed by atoms with van der Waals surface area (Å²) in [6, 6.07) is 7.50. The van der Waals surface area contributed by atoms with Crippen molar-refractivity contribution in [2.75, 3.05) is 0 Å². The molecule has 166 valence electrons. The quantitative estimate of drug-likeness (QED) is 0.317. The molecule has 32 heavy (non-hydrogen) atoms. The van der Waals surface area contributed by atoms with Crippen LogP contribution < -0.4 is 10.9 Å². The van der Waals surface area contributed by atoms with Gasteiger partial charge in [-0.15, -0.1) is 0 Å². The number of nitro groups is 2. The van der Waals surface area contributed by atoms with Crippen molar-refractivity contribution in [3.63, 3.8) is 0 Å². The third-order valence-corrected chi connectivity index (χ3v) is 4.43. The topological polar surface area (TPSA) is 169 Å². The maximum atomic E-state index is 11.8. The van der Waals surface area contributed by atoms with E-state index in [4.69, 9.17) is 23.2 Å². The predicted octanol–water partition coefficient (Wildman–Crippen LogP) is 3.19. The van der Waals surface area contributed by atoms with Crippen LogP contribution in [0.15, 0.2) is 46.6 Å². The highest BCUT2D eigenvalue weighted by atomic mass is 35.5. The van der Waals surface area contributed by atoms with E-state index in [9.17, 15) is 29.8 Å². The lowest BCUT2D eigenvalue weighted by atomic mass is 10.2. The molecule has 12 nitrogen and oxygen atoms in total. The van der Waals surface area contributed by atoms with Gasteiger partial charge in [0.2, 0.25) is 11.8 Å². The van der Waals surface area contributed by atoms with E-state index in [-0.39, 0.29) is 45.4 Å². The van der Waals surface area contributed by atoms with Gasteiger partial charge < -0.3 is 0 Å². The third-order valence-electron chi connectivity index (χ3n) is 3.75. The Morgan fingerprint density at radius 1 is 0.812 bits per heavy atom. The van der Waals surface area contributed by atoms with Gasteiger partial charge in [0, 0.05) is 58.3 Å². The molecule has 0 radical (unpaired) electrons.